The van der Waals surface area contributed by atoms with Crippen LogP contribution in [0.5, 0.6) is 5.75 Å². The number of hydrogen-bond donors (Lipinski definition) is 1. The molecule has 0 amide bonds. The van der Waals surface area contributed by atoms with Crippen LogP contribution in [0.2, 0.25) is 0 Å². The van der Waals surface area contributed by atoms with Gasteiger partial charge in [0.05, 0.1) is 17.8 Å². The molecule has 1 saturated heterocycles. The van der Waals surface area contributed by atoms with E-state index in [1.807, 2.05) is 24.4 Å². The number of fused-ring (bicyclic) bond motifs is 1. The van der Waals surface area contributed by atoms with Gasteiger partial charge in [-0.05, 0) is 81.2 Å². The monoisotopic (exact) mass is 451 g/mol. The number of nitrogens with one attached hydrogen (secondary N) is 1. The number of ether oxygens (including phenoxy) is 2. The summed E-state index contributed by atoms with van der Waals surface area (Å²) in [7, 11) is -0.397. The van der Waals surface area contributed by atoms with Crippen LogP contribution in [0, 0.1) is 0 Å². The molecule has 0 saturated carbocycles. The Morgan fingerprint density at radius 3 is 2.33 bits per heavy atom. The summed E-state index contributed by atoms with van der Waals surface area (Å²) in [5.41, 5.74) is 3.68. The summed E-state index contributed by atoms with van der Waals surface area (Å²) in [6.45, 7) is 13.6. The third-order valence-electron chi connectivity index (χ3n) is 6.25. The first-order valence-corrected chi connectivity index (χ1v) is 11.4. The molecule has 7 heteroatoms. The van der Waals surface area contributed by atoms with E-state index < -0.39 is 7.12 Å². The highest BCUT2D eigenvalue weighted by Crippen LogP contribution is 2.37. The van der Waals surface area contributed by atoms with Gasteiger partial charge in [-0.15, -0.1) is 0 Å². The predicted molar refractivity (Wildman–Crippen MR) is 132 cm³/mol. The lowest BCUT2D eigenvalue weighted by atomic mass is 9.76. The molecular formula is C26H34BNO5. The Balaban J connectivity index is 0.000000555. The number of carbonyl (C=O) groups excluding carboxylic acids is 1. The van der Waals surface area contributed by atoms with Gasteiger partial charge < -0.3 is 23.8 Å². The molecule has 1 aromatic heterocycles. The van der Waals surface area contributed by atoms with Gasteiger partial charge in [-0.3, -0.25) is 4.79 Å². The van der Waals surface area contributed by atoms with E-state index in [9.17, 15) is 4.79 Å². The molecule has 0 radical (unpaired) electrons. The van der Waals surface area contributed by atoms with E-state index in [0.717, 1.165) is 34.1 Å². The Kier molecular flexibility index (Phi) is 7.87. The molecule has 176 valence electrons. The summed E-state index contributed by atoms with van der Waals surface area (Å²) in [6.07, 6.45) is 2.90. The zero-order valence-electron chi connectivity index (χ0n) is 20.4. The standard InChI is InChI=1S/C23H28BNO3.C3H6O2/c1-6-17-9-7-8-10-21(17)26-15-16-13-19(18-11-12-25-20(18)14-16)24-27-22(2,3)23(4,5)28-24;1-2-5-3-4/h7-14,25H,6,15H2,1-5H3;3H,2H2,1H3. The highest BCUT2D eigenvalue weighted by Gasteiger charge is 2.52. The maximum Gasteiger partial charge on any atom is 0.495 e. The molecule has 2 heterocycles. The molecule has 0 bridgehead atoms. The van der Waals surface area contributed by atoms with Crippen molar-refractivity contribution in [1.82, 2.24) is 4.98 Å². The third-order valence-corrected chi connectivity index (χ3v) is 6.25. The number of hydrogen-bond acceptors (Lipinski definition) is 5. The predicted octanol–water partition coefficient (Wildman–Crippen LogP) is 4.79. The summed E-state index contributed by atoms with van der Waals surface area (Å²) >= 11 is 0. The molecule has 0 unspecified atom stereocenters. The Morgan fingerprint density at radius 1 is 1.03 bits per heavy atom. The minimum atomic E-state index is -0.397. The van der Waals surface area contributed by atoms with Crippen molar-refractivity contribution in [1.29, 1.82) is 0 Å². The van der Waals surface area contributed by atoms with Gasteiger partial charge in [0.1, 0.15) is 12.4 Å². The lowest BCUT2D eigenvalue weighted by Crippen LogP contribution is -2.41. The summed E-state index contributed by atoms with van der Waals surface area (Å²) in [5.74, 6) is 0.939. The average Bonchev–Trinajstić information content (AvgIpc) is 3.34. The Hall–Kier alpha value is -2.77. The number of aromatic nitrogens is 1. The molecule has 1 aliphatic heterocycles. The van der Waals surface area contributed by atoms with Crippen LogP contribution in [0.4, 0.5) is 0 Å². The van der Waals surface area contributed by atoms with Gasteiger partial charge >= 0.3 is 7.12 Å². The van der Waals surface area contributed by atoms with Crippen molar-refractivity contribution in [2.75, 3.05) is 6.61 Å². The van der Waals surface area contributed by atoms with Gasteiger partial charge in [-0.2, -0.15) is 0 Å². The number of H-pyrrole nitrogens is 1. The van der Waals surface area contributed by atoms with Crippen LogP contribution in [0.25, 0.3) is 10.9 Å². The number of para-hydroxylation sites is 1. The third kappa shape index (κ3) is 5.60. The molecule has 2 aromatic carbocycles. The molecule has 1 aliphatic rings. The second kappa shape index (κ2) is 10.4. The minimum Gasteiger partial charge on any atom is -0.489 e. The van der Waals surface area contributed by atoms with Crippen molar-refractivity contribution in [3.8, 4) is 5.75 Å². The first kappa shape index (κ1) is 24.9. The molecular weight excluding hydrogens is 417 g/mol. The largest absolute Gasteiger partial charge is 0.495 e. The first-order chi connectivity index (χ1) is 15.7. The van der Waals surface area contributed by atoms with E-state index in [-0.39, 0.29) is 11.2 Å². The van der Waals surface area contributed by atoms with Crippen LogP contribution >= 0.6 is 0 Å². The molecule has 6 nitrogen and oxygen atoms in total. The van der Waals surface area contributed by atoms with Crippen LogP contribution in [-0.2, 0) is 31.9 Å². The van der Waals surface area contributed by atoms with Crippen molar-refractivity contribution >= 4 is 30.0 Å². The molecule has 3 aromatic rings. The summed E-state index contributed by atoms with van der Waals surface area (Å²) in [6, 6.07) is 14.6. The van der Waals surface area contributed by atoms with E-state index in [2.05, 4.69) is 68.6 Å². The van der Waals surface area contributed by atoms with Crippen LogP contribution in [-0.4, -0.2) is 36.4 Å². The number of aryl methyl sites for hydroxylation is 1. The molecule has 4 rings (SSSR count). The maximum atomic E-state index is 9.18. The van der Waals surface area contributed by atoms with Crippen molar-refractivity contribution < 1.29 is 23.6 Å². The molecule has 1 fully saturated rings. The van der Waals surface area contributed by atoms with Crippen LogP contribution < -0.4 is 10.2 Å². The van der Waals surface area contributed by atoms with Crippen molar-refractivity contribution in [2.24, 2.45) is 0 Å². The van der Waals surface area contributed by atoms with E-state index in [4.69, 9.17) is 14.0 Å². The fourth-order valence-corrected chi connectivity index (χ4v) is 3.67. The maximum absolute atomic E-state index is 9.18. The molecule has 0 spiro atoms. The van der Waals surface area contributed by atoms with Crippen LogP contribution in [0.1, 0.15) is 52.7 Å². The number of benzene rings is 2. The SMILES string of the molecule is CCOC=O.CCc1ccccc1OCc1cc(B2OC(C)(C)C(C)(C)O2)c2cc[nH]c2c1. The smallest absolute Gasteiger partial charge is 0.489 e. The summed E-state index contributed by atoms with van der Waals surface area (Å²) in [5, 5.41) is 1.12. The lowest BCUT2D eigenvalue weighted by Gasteiger charge is -2.32. The normalized spacial score (nSPS) is 16.2. The molecule has 0 atom stereocenters. The Morgan fingerprint density at radius 2 is 1.73 bits per heavy atom. The van der Waals surface area contributed by atoms with Crippen LogP contribution in [0.15, 0.2) is 48.7 Å². The number of aromatic amines is 1. The minimum absolute atomic E-state index is 0.368. The van der Waals surface area contributed by atoms with E-state index in [1.54, 1.807) is 6.92 Å². The molecule has 0 aliphatic carbocycles. The van der Waals surface area contributed by atoms with Crippen molar-refractivity contribution in [3.05, 3.63) is 59.8 Å². The van der Waals surface area contributed by atoms with Crippen molar-refractivity contribution in [3.63, 3.8) is 0 Å². The highest BCUT2D eigenvalue weighted by molar-refractivity contribution is 6.65. The highest BCUT2D eigenvalue weighted by atomic mass is 16.7. The Bertz CT molecular complexity index is 1060. The molecule has 1 N–H and O–H groups in total. The van der Waals surface area contributed by atoms with E-state index >= 15 is 0 Å². The van der Waals surface area contributed by atoms with Crippen molar-refractivity contribution in [2.45, 2.75) is 65.8 Å². The lowest BCUT2D eigenvalue weighted by molar-refractivity contribution is -0.128. The quantitative estimate of drug-likeness (QED) is 0.413. The zero-order valence-corrected chi connectivity index (χ0v) is 20.4. The Labute approximate surface area is 196 Å². The van der Waals surface area contributed by atoms with E-state index in [1.165, 1.54) is 5.56 Å². The van der Waals surface area contributed by atoms with Gasteiger partial charge in [0, 0.05) is 11.7 Å². The first-order valence-electron chi connectivity index (χ1n) is 11.4. The number of rotatable bonds is 7. The van der Waals surface area contributed by atoms with Gasteiger partial charge in [-0.25, -0.2) is 0 Å². The topological polar surface area (TPSA) is 69.8 Å². The summed E-state index contributed by atoms with van der Waals surface area (Å²) in [4.78, 5) is 12.5. The summed E-state index contributed by atoms with van der Waals surface area (Å²) < 4.78 is 22.9. The van der Waals surface area contributed by atoms with Gasteiger partial charge in [-0.1, -0.05) is 31.2 Å². The average molecular weight is 451 g/mol. The second-order valence-corrected chi connectivity index (χ2v) is 9.01. The van der Waals surface area contributed by atoms with Gasteiger partial charge in [0.25, 0.3) is 6.47 Å². The fourth-order valence-electron chi connectivity index (χ4n) is 3.67. The van der Waals surface area contributed by atoms with Crippen LogP contribution in [0.3, 0.4) is 0 Å². The molecule has 33 heavy (non-hydrogen) atoms. The zero-order chi connectivity index (χ0) is 24.1. The van der Waals surface area contributed by atoms with Gasteiger partial charge in [0.2, 0.25) is 0 Å². The van der Waals surface area contributed by atoms with E-state index in [0.29, 0.717) is 19.7 Å². The number of carbonyl (C=O) groups is 1. The van der Waals surface area contributed by atoms with Gasteiger partial charge in [0.15, 0.2) is 0 Å². The fraction of sp³-hybridized carbons (Fsp3) is 0.423. The second-order valence-electron chi connectivity index (χ2n) is 9.01.